The summed E-state index contributed by atoms with van der Waals surface area (Å²) in [6, 6.07) is 23.2. The minimum atomic E-state index is 0.0600. The molecule has 2 N–H and O–H groups in total. The maximum Gasteiger partial charge on any atom is 0.115 e. The lowest BCUT2D eigenvalue weighted by Crippen LogP contribution is -2.07. The highest BCUT2D eigenvalue weighted by Gasteiger charge is 2.20. The van der Waals surface area contributed by atoms with Gasteiger partial charge in [-0.05, 0) is 52.4 Å². The normalized spacial score (nSPS) is 11.2. The molecular formula is C22H22O2. The molecule has 0 unspecified atom stereocenters. The van der Waals surface area contributed by atoms with Gasteiger partial charge in [0.25, 0.3) is 0 Å². The number of rotatable bonds is 4. The molecule has 3 aromatic rings. The van der Waals surface area contributed by atoms with Crippen LogP contribution in [0.4, 0.5) is 0 Å². The molecule has 0 amide bonds. The second-order valence-electron chi connectivity index (χ2n) is 6.40. The van der Waals surface area contributed by atoms with Gasteiger partial charge in [-0.2, -0.15) is 0 Å². The maximum absolute atomic E-state index is 9.63. The summed E-state index contributed by atoms with van der Waals surface area (Å²) in [6.07, 6.45) is 0. The van der Waals surface area contributed by atoms with E-state index in [-0.39, 0.29) is 17.4 Å². The van der Waals surface area contributed by atoms with Gasteiger partial charge >= 0.3 is 0 Å². The van der Waals surface area contributed by atoms with Gasteiger partial charge in [-0.15, -0.1) is 0 Å². The van der Waals surface area contributed by atoms with Gasteiger partial charge in [-0.1, -0.05) is 62.4 Å². The van der Waals surface area contributed by atoms with Crippen molar-refractivity contribution in [3.63, 3.8) is 0 Å². The van der Waals surface area contributed by atoms with E-state index in [0.717, 1.165) is 11.1 Å². The standard InChI is InChI=1S/C22H22O2/c1-15(2)20-5-3-4-6-21(20)22(16-7-11-18(23)12-8-16)17-9-13-19(24)14-10-17/h3-15,22-24H,1-2H3. The lowest BCUT2D eigenvalue weighted by atomic mass is 9.80. The van der Waals surface area contributed by atoms with Gasteiger partial charge in [0.2, 0.25) is 0 Å². The molecule has 0 aliphatic heterocycles. The fourth-order valence-electron chi connectivity index (χ4n) is 3.18. The molecule has 0 atom stereocenters. The molecule has 0 fully saturated rings. The molecular weight excluding hydrogens is 296 g/mol. The fraction of sp³-hybridized carbons (Fsp3) is 0.182. The van der Waals surface area contributed by atoms with E-state index in [2.05, 4.69) is 38.1 Å². The van der Waals surface area contributed by atoms with E-state index >= 15 is 0 Å². The van der Waals surface area contributed by atoms with E-state index in [1.54, 1.807) is 24.3 Å². The average Bonchev–Trinajstić information content (AvgIpc) is 2.59. The zero-order chi connectivity index (χ0) is 17.1. The number of phenolic OH excluding ortho intramolecular Hbond substituents is 2. The van der Waals surface area contributed by atoms with Gasteiger partial charge in [0.1, 0.15) is 11.5 Å². The lowest BCUT2D eigenvalue weighted by Gasteiger charge is -2.23. The van der Waals surface area contributed by atoms with Crippen LogP contribution in [0.15, 0.2) is 72.8 Å². The molecule has 0 spiro atoms. The van der Waals surface area contributed by atoms with E-state index in [4.69, 9.17) is 0 Å². The third-order valence-corrected chi connectivity index (χ3v) is 4.38. The zero-order valence-electron chi connectivity index (χ0n) is 14.0. The van der Waals surface area contributed by atoms with Crippen LogP contribution in [0.2, 0.25) is 0 Å². The first-order valence-corrected chi connectivity index (χ1v) is 8.23. The lowest BCUT2D eigenvalue weighted by molar-refractivity contribution is 0.475. The van der Waals surface area contributed by atoms with Crippen LogP contribution in [-0.4, -0.2) is 10.2 Å². The Kier molecular flexibility index (Phi) is 4.57. The van der Waals surface area contributed by atoms with Crippen LogP contribution in [0.1, 0.15) is 47.9 Å². The minimum absolute atomic E-state index is 0.0600. The largest absolute Gasteiger partial charge is 0.508 e. The Morgan fingerprint density at radius 3 is 1.42 bits per heavy atom. The van der Waals surface area contributed by atoms with Crippen molar-refractivity contribution in [2.24, 2.45) is 0 Å². The van der Waals surface area contributed by atoms with Crippen LogP contribution in [-0.2, 0) is 0 Å². The van der Waals surface area contributed by atoms with Crippen molar-refractivity contribution in [3.05, 3.63) is 95.1 Å². The van der Waals surface area contributed by atoms with Crippen LogP contribution >= 0.6 is 0 Å². The number of phenols is 2. The van der Waals surface area contributed by atoms with Crippen LogP contribution < -0.4 is 0 Å². The molecule has 0 bridgehead atoms. The highest BCUT2D eigenvalue weighted by molar-refractivity contribution is 5.48. The van der Waals surface area contributed by atoms with Crippen LogP contribution in [0, 0.1) is 0 Å². The van der Waals surface area contributed by atoms with Crippen molar-refractivity contribution in [2.75, 3.05) is 0 Å². The Morgan fingerprint density at radius 2 is 1.00 bits per heavy atom. The van der Waals surface area contributed by atoms with Gasteiger partial charge in [0, 0.05) is 5.92 Å². The van der Waals surface area contributed by atoms with Crippen LogP contribution in [0.5, 0.6) is 11.5 Å². The van der Waals surface area contributed by atoms with E-state index in [1.165, 1.54) is 11.1 Å². The Morgan fingerprint density at radius 1 is 0.583 bits per heavy atom. The van der Waals surface area contributed by atoms with Gasteiger partial charge in [0.15, 0.2) is 0 Å². The number of aromatic hydroxyl groups is 2. The third kappa shape index (κ3) is 3.28. The summed E-state index contributed by atoms with van der Waals surface area (Å²) in [5, 5.41) is 19.3. The predicted octanol–water partition coefficient (Wildman–Crippen LogP) is 5.40. The van der Waals surface area contributed by atoms with Gasteiger partial charge in [0.05, 0.1) is 0 Å². The van der Waals surface area contributed by atoms with Crippen molar-refractivity contribution < 1.29 is 10.2 Å². The summed E-state index contributed by atoms with van der Waals surface area (Å²) >= 11 is 0. The summed E-state index contributed by atoms with van der Waals surface area (Å²) in [4.78, 5) is 0. The molecule has 3 rings (SSSR count). The topological polar surface area (TPSA) is 40.5 Å². The molecule has 2 heteroatoms. The molecule has 0 saturated heterocycles. The molecule has 0 aliphatic carbocycles. The van der Waals surface area contributed by atoms with Crippen LogP contribution in [0.25, 0.3) is 0 Å². The second kappa shape index (κ2) is 6.79. The van der Waals surface area contributed by atoms with E-state index in [0.29, 0.717) is 5.92 Å². The Bertz CT molecular complexity index is 757. The fourth-order valence-corrected chi connectivity index (χ4v) is 3.18. The molecule has 2 nitrogen and oxygen atoms in total. The molecule has 0 saturated carbocycles. The third-order valence-electron chi connectivity index (χ3n) is 4.38. The first-order valence-electron chi connectivity index (χ1n) is 8.23. The molecule has 122 valence electrons. The van der Waals surface area contributed by atoms with E-state index in [9.17, 15) is 10.2 Å². The van der Waals surface area contributed by atoms with Gasteiger partial charge in [-0.25, -0.2) is 0 Å². The summed E-state index contributed by atoms with van der Waals surface area (Å²) in [5.74, 6) is 1.00. The highest BCUT2D eigenvalue weighted by Crippen LogP contribution is 2.37. The molecule has 0 aliphatic rings. The minimum Gasteiger partial charge on any atom is -0.508 e. The number of hydrogen-bond acceptors (Lipinski definition) is 2. The first kappa shape index (κ1) is 16.1. The SMILES string of the molecule is CC(C)c1ccccc1C(c1ccc(O)cc1)c1ccc(O)cc1. The summed E-state index contributed by atoms with van der Waals surface area (Å²) in [7, 11) is 0. The quantitative estimate of drug-likeness (QED) is 0.632. The predicted molar refractivity (Wildman–Crippen MR) is 97.7 cm³/mol. The zero-order valence-corrected chi connectivity index (χ0v) is 14.0. The summed E-state index contributed by atoms with van der Waals surface area (Å²) < 4.78 is 0. The molecule has 0 heterocycles. The van der Waals surface area contributed by atoms with Crippen molar-refractivity contribution in [3.8, 4) is 11.5 Å². The van der Waals surface area contributed by atoms with Crippen molar-refractivity contribution in [1.29, 1.82) is 0 Å². The summed E-state index contributed by atoms with van der Waals surface area (Å²) in [5.41, 5.74) is 4.80. The van der Waals surface area contributed by atoms with Crippen molar-refractivity contribution in [1.82, 2.24) is 0 Å². The van der Waals surface area contributed by atoms with E-state index < -0.39 is 0 Å². The Hall–Kier alpha value is -2.74. The first-order chi connectivity index (χ1) is 11.6. The second-order valence-corrected chi connectivity index (χ2v) is 6.40. The molecule has 0 radical (unpaired) electrons. The maximum atomic E-state index is 9.63. The van der Waals surface area contributed by atoms with Gasteiger partial charge in [-0.3, -0.25) is 0 Å². The van der Waals surface area contributed by atoms with Gasteiger partial charge < -0.3 is 10.2 Å². The van der Waals surface area contributed by atoms with Crippen molar-refractivity contribution in [2.45, 2.75) is 25.7 Å². The number of benzene rings is 3. The van der Waals surface area contributed by atoms with Crippen molar-refractivity contribution >= 4 is 0 Å². The smallest absolute Gasteiger partial charge is 0.115 e. The Labute approximate surface area is 143 Å². The molecule has 24 heavy (non-hydrogen) atoms. The monoisotopic (exact) mass is 318 g/mol. The highest BCUT2D eigenvalue weighted by atomic mass is 16.3. The van der Waals surface area contributed by atoms with Crippen LogP contribution in [0.3, 0.4) is 0 Å². The molecule has 3 aromatic carbocycles. The van der Waals surface area contributed by atoms with E-state index in [1.807, 2.05) is 24.3 Å². The summed E-state index contributed by atoms with van der Waals surface area (Å²) in [6.45, 7) is 4.40. The average molecular weight is 318 g/mol. The Balaban J connectivity index is 2.19. The molecule has 0 aromatic heterocycles. The number of hydrogen-bond donors (Lipinski definition) is 2.